The van der Waals surface area contributed by atoms with E-state index >= 15 is 0 Å². The highest BCUT2D eigenvalue weighted by Gasteiger charge is 2.04. The summed E-state index contributed by atoms with van der Waals surface area (Å²) < 4.78 is 5.43. The SMILES string of the molecule is C=CCOc1ccc(/C=N/NC(=O)c2ccc(CSCc3ccccc3)cc2)cc1. The fraction of sp³-hybridized carbons (Fsp3) is 0.120. The molecule has 30 heavy (non-hydrogen) atoms. The van der Waals surface area contributed by atoms with Crippen LogP contribution < -0.4 is 10.2 Å². The van der Waals surface area contributed by atoms with Crippen LogP contribution in [0.3, 0.4) is 0 Å². The van der Waals surface area contributed by atoms with Gasteiger partial charge in [-0.05, 0) is 53.1 Å². The quantitative estimate of drug-likeness (QED) is 0.272. The molecule has 0 radical (unpaired) electrons. The molecule has 0 aromatic heterocycles. The molecule has 0 aliphatic rings. The zero-order valence-electron chi connectivity index (χ0n) is 16.7. The van der Waals surface area contributed by atoms with Gasteiger partial charge < -0.3 is 4.74 Å². The molecule has 0 atom stereocenters. The zero-order valence-corrected chi connectivity index (χ0v) is 17.5. The molecule has 1 N–H and O–H groups in total. The van der Waals surface area contributed by atoms with Gasteiger partial charge in [-0.3, -0.25) is 4.79 Å². The van der Waals surface area contributed by atoms with Crippen molar-refractivity contribution in [2.75, 3.05) is 6.61 Å². The van der Waals surface area contributed by atoms with E-state index in [-0.39, 0.29) is 5.91 Å². The molecule has 3 rings (SSSR count). The van der Waals surface area contributed by atoms with E-state index in [4.69, 9.17) is 4.74 Å². The molecule has 0 saturated heterocycles. The third-order valence-corrected chi connectivity index (χ3v) is 5.30. The highest BCUT2D eigenvalue weighted by Crippen LogP contribution is 2.18. The van der Waals surface area contributed by atoms with Crippen LogP contribution >= 0.6 is 11.8 Å². The summed E-state index contributed by atoms with van der Waals surface area (Å²) >= 11 is 1.85. The maximum atomic E-state index is 12.3. The zero-order chi connectivity index (χ0) is 21.0. The molecule has 0 fully saturated rings. The van der Waals surface area contributed by atoms with Crippen molar-refractivity contribution in [2.24, 2.45) is 5.10 Å². The Balaban J connectivity index is 1.44. The third kappa shape index (κ3) is 6.94. The number of nitrogens with zero attached hydrogens (tertiary/aromatic N) is 1. The van der Waals surface area contributed by atoms with Crippen LogP contribution in [0, 0.1) is 0 Å². The molecule has 0 saturated carbocycles. The second-order valence-electron chi connectivity index (χ2n) is 6.54. The van der Waals surface area contributed by atoms with Crippen LogP contribution in [-0.4, -0.2) is 18.7 Å². The van der Waals surface area contributed by atoms with Gasteiger partial charge in [-0.15, -0.1) is 0 Å². The predicted molar refractivity (Wildman–Crippen MR) is 125 cm³/mol. The number of nitrogens with one attached hydrogen (secondary N) is 1. The van der Waals surface area contributed by atoms with E-state index in [0.29, 0.717) is 12.2 Å². The van der Waals surface area contributed by atoms with Crippen molar-refractivity contribution in [1.29, 1.82) is 0 Å². The molecule has 0 spiro atoms. The summed E-state index contributed by atoms with van der Waals surface area (Å²) in [5.41, 5.74) is 6.51. The molecule has 0 unspecified atom stereocenters. The van der Waals surface area contributed by atoms with Crippen molar-refractivity contribution >= 4 is 23.9 Å². The van der Waals surface area contributed by atoms with E-state index in [0.717, 1.165) is 22.8 Å². The monoisotopic (exact) mass is 416 g/mol. The van der Waals surface area contributed by atoms with Gasteiger partial charge in [0.25, 0.3) is 5.91 Å². The Kier molecular flexibility index (Phi) is 8.30. The molecule has 0 aliphatic heterocycles. The van der Waals surface area contributed by atoms with Gasteiger partial charge in [0.1, 0.15) is 12.4 Å². The van der Waals surface area contributed by atoms with E-state index in [1.165, 1.54) is 11.1 Å². The van der Waals surface area contributed by atoms with Gasteiger partial charge in [0.05, 0.1) is 6.21 Å². The van der Waals surface area contributed by atoms with Crippen LogP contribution in [0.4, 0.5) is 0 Å². The molecule has 5 heteroatoms. The third-order valence-electron chi connectivity index (χ3n) is 4.22. The molecule has 0 heterocycles. The summed E-state index contributed by atoms with van der Waals surface area (Å²) in [5.74, 6) is 2.40. The lowest BCUT2D eigenvalue weighted by Gasteiger charge is -2.04. The summed E-state index contributed by atoms with van der Waals surface area (Å²) in [5, 5.41) is 4.03. The fourth-order valence-electron chi connectivity index (χ4n) is 2.65. The van der Waals surface area contributed by atoms with Crippen LogP contribution in [0.2, 0.25) is 0 Å². The van der Waals surface area contributed by atoms with Crippen LogP contribution in [0.15, 0.2) is 96.6 Å². The average molecular weight is 417 g/mol. The first-order chi connectivity index (χ1) is 14.7. The number of benzene rings is 3. The van der Waals surface area contributed by atoms with Crippen LogP contribution in [0.1, 0.15) is 27.0 Å². The fourth-order valence-corrected chi connectivity index (χ4v) is 3.61. The highest BCUT2D eigenvalue weighted by molar-refractivity contribution is 7.97. The Hall–Kier alpha value is -3.31. The highest BCUT2D eigenvalue weighted by atomic mass is 32.2. The first-order valence-electron chi connectivity index (χ1n) is 9.62. The van der Waals surface area contributed by atoms with Gasteiger partial charge in [0.2, 0.25) is 0 Å². The smallest absolute Gasteiger partial charge is 0.271 e. The Bertz CT molecular complexity index is 968. The average Bonchev–Trinajstić information content (AvgIpc) is 2.79. The number of hydrogen-bond acceptors (Lipinski definition) is 4. The van der Waals surface area contributed by atoms with E-state index in [9.17, 15) is 4.79 Å². The van der Waals surface area contributed by atoms with Crippen LogP contribution in [0.25, 0.3) is 0 Å². The molecule has 152 valence electrons. The van der Waals surface area contributed by atoms with E-state index < -0.39 is 0 Å². The van der Waals surface area contributed by atoms with Gasteiger partial charge in [0, 0.05) is 17.1 Å². The maximum Gasteiger partial charge on any atom is 0.271 e. The van der Waals surface area contributed by atoms with Crippen LogP contribution in [-0.2, 0) is 11.5 Å². The first kappa shape index (κ1) is 21.4. The number of carbonyl (C=O) groups excluding carboxylic acids is 1. The lowest BCUT2D eigenvalue weighted by Crippen LogP contribution is -2.17. The topological polar surface area (TPSA) is 50.7 Å². The Morgan fingerprint density at radius 3 is 2.27 bits per heavy atom. The predicted octanol–water partition coefficient (Wildman–Crippen LogP) is 5.45. The molecular formula is C25H24N2O2S. The van der Waals surface area contributed by atoms with E-state index in [1.807, 2.05) is 66.4 Å². The molecule has 3 aromatic rings. The second-order valence-corrected chi connectivity index (χ2v) is 7.53. The number of hydrogen-bond donors (Lipinski definition) is 1. The summed E-state index contributed by atoms with van der Waals surface area (Å²) in [7, 11) is 0. The summed E-state index contributed by atoms with van der Waals surface area (Å²) in [4.78, 5) is 12.3. The van der Waals surface area contributed by atoms with Crippen molar-refractivity contribution in [2.45, 2.75) is 11.5 Å². The maximum absolute atomic E-state index is 12.3. The standard InChI is InChI=1S/C25H24N2O2S/c1-2-16-29-24-14-10-20(11-15-24)17-26-27-25(28)23-12-8-22(9-13-23)19-30-18-21-6-4-3-5-7-21/h2-15,17H,1,16,18-19H2,(H,27,28)/b26-17+. The van der Waals surface area contributed by atoms with Crippen molar-refractivity contribution in [3.8, 4) is 5.75 Å². The summed E-state index contributed by atoms with van der Waals surface area (Å²) in [6.45, 7) is 4.08. The van der Waals surface area contributed by atoms with Gasteiger partial charge >= 0.3 is 0 Å². The van der Waals surface area contributed by atoms with Gasteiger partial charge in [-0.1, -0.05) is 55.1 Å². The minimum absolute atomic E-state index is 0.235. The summed E-state index contributed by atoms with van der Waals surface area (Å²) in [6, 6.07) is 25.5. The van der Waals surface area contributed by atoms with Gasteiger partial charge in [-0.2, -0.15) is 16.9 Å². The van der Waals surface area contributed by atoms with Gasteiger partial charge in [-0.25, -0.2) is 5.43 Å². The number of rotatable bonds is 10. The van der Waals surface area contributed by atoms with E-state index in [1.54, 1.807) is 12.3 Å². The number of thioether (sulfide) groups is 1. The Morgan fingerprint density at radius 1 is 0.933 bits per heavy atom. The number of carbonyl (C=O) groups is 1. The minimum Gasteiger partial charge on any atom is -0.490 e. The number of ether oxygens (including phenoxy) is 1. The lowest BCUT2D eigenvalue weighted by atomic mass is 10.1. The van der Waals surface area contributed by atoms with Gasteiger partial charge in [0.15, 0.2) is 0 Å². The molecule has 1 amide bonds. The molecule has 0 bridgehead atoms. The molecular weight excluding hydrogens is 392 g/mol. The molecule has 3 aromatic carbocycles. The summed E-state index contributed by atoms with van der Waals surface area (Å²) in [6.07, 6.45) is 3.30. The second kappa shape index (κ2) is 11.6. The van der Waals surface area contributed by atoms with Crippen LogP contribution in [0.5, 0.6) is 5.75 Å². The molecule has 0 aliphatic carbocycles. The Morgan fingerprint density at radius 2 is 1.60 bits per heavy atom. The number of amides is 1. The molecule has 4 nitrogen and oxygen atoms in total. The first-order valence-corrected chi connectivity index (χ1v) is 10.8. The van der Waals surface area contributed by atoms with E-state index in [2.05, 4.69) is 41.4 Å². The largest absolute Gasteiger partial charge is 0.490 e. The van der Waals surface area contributed by atoms with Crippen molar-refractivity contribution in [3.63, 3.8) is 0 Å². The minimum atomic E-state index is -0.235. The van der Waals surface area contributed by atoms with Crippen molar-refractivity contribution in [1.82, 2.24) is 5.43 Å². The Labute approximate surface area is 181 Å². The van der Waals surface area contributed by atoms with Crippen molar-refractivity contribution in [3.05, 3.63) is 114 Å². The normalized spacial score (nSPS) is 10.7. The number of hydrazone groups is 1. The lowest BCUT2D eigenvalue weighted by molar-refractivity contribution is 0.0955. The van der Waals surface area contributed by atoms with Crippen molar-refractivity contribution < 1.29 is 9.53 Å².